The summed E-state index contributed by atoms with van der Waals surface area (Å²) in [6.07, 6.45) is -0.574. The standard InChI is InChI=1S/C11H22O5/c1-2-3-4-5-7-9(13)10(14)8(6-12)16-11(7)15/h7-15H,2-6H2,1H3/t7-,8-,9-,10-,11?/m1/s1. The Balaban J connectivity index is 2.50. The van der Waals surface area contributed by atoms with Crippen LogP contribution in [0, 0.1) is 5.92 Å². The molecule has 0 bridgehead atoms. The monoisotopic (exact) mass is 234 g/mol. The third-order valence-electron chi connectivity index (χ3n) is 3.17. The van der Waals surface area contributed by atoms with Crippen molar-refractivity contribution in [1.29, 1.82) is 0 Å². The van der Waals surface area contributed by atoms with Crippen LogP contribution in [-0.4, -0.2) is 51.6 Å². The summed E-state index contributed by atoms with van der Waals surface area (Å²) < 4.78 is 5.06. The summed E-state index contributed by atoms with van der Waals surface area (Å²) in [5.41, 5.74) is 0. The molecule has 16 heavy (non-hydrogen) atoms. The molecular formula is C11H22O5. The SMILES string of the molecule is CCCCC[C@H]1C(O)O[C@H](CO)[C@@H](O)[C@@H]1O. The fourth-order valence-corrected chi connectivity index (χ4v) is 2.10. The average molecular weight is 234 g/mol. The Bertz CT molecular complexity index is 199. The van der Waals surface area contributed by atoms with Crippen LogP contribution in [0.3, 0.4) is 0 Å². The molecule has 0 aromatic rings. The second kappa shape index (κ2) is 6.51. The van der Waals surface area contributed by atoms with Gasteiger partial charge < -0.3 is 25.2 Å². The van der Waals surface area contributed by atoms with E-state index in [1.54, 1.807) is 0 Å². The van der Waals surface area contributed by atoms with Crippen LogP contribution in [0.5, 0.6) is 0 Å². The highest BCUT2D eigenvalue weighted by molar-refractivity contribution is 4.88. The highest BCUT2D eigenvalue weighted by atomic mass is 16.6. The molecule has 1 aliphatic rings. The maximum Gasteiger partial charge on any atom is 0.160 e. The van der Waals surface area contributed by atoms with E-state index in [1.165, 1.54) is 0 Å². The topological polar surface area (TPSA) is 90.2 Å². The van der Waals surface area contributed by atoms with Gasteiger partial charge in [-0.2, -0.15) is 0 Å². The summed E-state index contributed by atoms with van der Waals surface area (Å²) in [5.74, 6) is -0.468. The summed E-state index contributed by atoms with van der Waals surface area (Å²) in [7, 11) is 0. The molecule has 0 aromatic carbocycles. The Morgan fingerprint density at radius 3 is 2.31 bits per heavy atom. The van der Waals surface area contributed by atoms with Crippen molar-refractivity contribution in [3.63, 3.8) is 0 Å². The normalized spacial score (nSPS) is 39.9. The minimum Gasteiger partial charge on any atom is -0.394 e. The van der Waals surface area contributed by atoms with Crippen LogP contribution < -0.4 is 0 Å². The van der Waals surface area contributed by atoms with Crippen molar-refractivity contribution in [2.75, 3.05) is 6.61 Å². The van der Waals surface area contributed by atoms with Gasteiger partial charge in [0.1, 0.15) is 12.2 Å². The largest absolute Gasteiger partial charge is 0.394 e. The molecule has 0 aliphatic carbocycles. The highest BCUT2D eigenvalue weighted by Crippen LogP contribution is 2.28. The number of aliphatic hydroxyl groups is 4. The third-order valence-corrected chi connectivity index (χ3v) is 3.17. The summed E-state index contributed by atoms with van der Waals surface area (Å²) in [6.45, 7) is 1.66. The van der Waals surface area contributed by atoms with E-state index in [1.807, 2.05) is 0 Å². The van der Waals surface area contributed by atoms with Gasteiger partial charge in [0.2, 0.25) is 0 Å². The molecule has 1 heterocycles. The van der Waals surface area contributed by atoms with Crippen LogP contribution >= 0.6 is 0 Å². The first kappa shape index (κ1) is 13.9. The molecular weight excluding hydrogens is 212 g/mol. The predicted molar refractivity (Wildman–Crippen MR) is 57.6 cm³/mol. The summed E-state index contributed by atoms with van der Waals surface area (Å²) >= 11 is 0. The number of hydrogen-bond acceptors (Lipinski definition) is 5. The van der Waals surface area contributed by atoms with Gasteiger partial charge >= 0.3 is 0 Å². The zero-order chi connectivity index (χ0) is 12.1. The quantitative estimate of drug-likeness (QED) is 0.487. The van der Waals surface area contributed by atoms with Gasteiger partial charge in [-0.05, 0) is 6.42 Å². The van der Waals surface area contributed by atoms with Crippen molar-refractivity contribution in [2.45, 2.75) is 57.2 Å². The van der Waals surface area contributed by atoms with Crippen LogP contribution in [0.15, 0.2) is 0 Å². The number of ether oxygens (including phenoxy) is 1. The number of hydrogen-bond donors (Lipinski definition) is 4. The van der Waals surface area contributed by atoms with E-state index < -0.39 is 37.1 Å². The molecule has 1 rings (SSSR count). The van der Waals surface area contributed by atoms with E-state index >= 15 is 0 Å². The smallest absolute Gasteiger partial charge is 0.160 e. The fourth-order valence-electron chi connectivity index (χ4n) is 2.10. The zero-order valence-corrected chi connectivity index (χ0v) is 9.62. The predicted octanol–water partition coefficient (Wildman–Crippen LogP) is -0.386. The minimum atomic E-state index is -1.12. The van der Waals surface area contributed by atoms with Gasteiger partial charge in [-0.25, -0.2) is 0 Å². The molecule has 1 fully saturated rings. The maximum absolute atomic E-state index is 9.81. The van der Waals surface area contributed by atoms with Crippen LogP contribution in [0.25, 0.3) is 0 Å². The van der Waals surface area contributed by atoms with E-state index in [4.69, 9.17) is 9.84 Å². The molecule has 0 aromatic heterocycles. The van der Waals surface area contributed by atoms with E-state index in [0.717, 1.165) is 19.3 Å². The lowest BCUT2D eigenvalue weighted by molar-refractivity contribution is -0.271. The van der Waals surface area contributed by atoms with E-state index in [9.17, 15) is 15.3 Å². The molecule has 96 valence electrons. The van der Waals surface area contributed by atoms with Crippen molar-refractivity contribution < 1.29 is 25.2 Å². The molecule has 5 heteroatoms. The van der Waals surface area contributed by atoms with Crippen molar-refractivity contribution in [1.82, 2.24) is 0 Å². The number of rotatable bonds is 5. The molecule has 0 amide bonds. The number of unbranched alkanes of at least 4 members (excludes halogenated alkanes) is 2. The Morgan fingerprint density at radius 2 is 1.75 bits per heavy atom. The number of aliphatic hydroxyl groups excluding tert-OH is 4. The Hall–Kier alpha value is -0.200. The molecule has 0 radical (unpaired) electrons. The van der Waals surface area contributed by atoms with Crippen molar-refractivity contribution in [3.05, 3.63) is 0 Å². The van der Waals surface area contributed by atoms with Gasteiger partial charge in [0.05, 0.1) is 12.7 Å². The molecule has 4 N–H and O–H groups in total. The van der Waals surface area contributed by atoms with Gasteiger partial charge in [0, 0.05) is 5.92 Å². The first-order chi connectivity index (χ1) is 7.61. The van der Waals surface area contributed by atoms with Crippen molar-refractivity contribution >= 4 is 0 Å². The molecule has 5 nitrogen and oxygen atoms in total. The van der Waals surface area contributed by atoms with Gasteiger partial charge in [-0.1, -0.05) is 26.2 Å². The Morgan fingerprint density at radius 1 is 1.06 bits per heavy atom. The lowest BCUT2D eigenvalue weighted by Crippen LogP contribution is -2.55. The fraction of sp³-hybridized carbons (Fsp3) is 1.00. The molecule has 0 spiro atoms. The van der Waals surface area contributed by atoms with Crippen LogP contribution in [0.1, 0.15) is 32.6 Å². The summed E-state index contributed by atoms with van der Waals surface area (Å²) in [5, 5.41) is 38.0. The highest BCUT2D eigenvalue weighted by Gasteiger charge is 2.42. The van der Waals surface area contributed by atoms with E-state index in [0.29, 0.717) is 6.42 Å². The van der Waals surface area contributed by atoms with Gasteiger partial charge in [-0.15, -0.1) is 0 Å². The molecule has 1 aliphatic heterocycles. The summed E-state index contributed by atoms with van der Waals surface area (Å²) in [6, 6.07) is 0. The van der Waals surface area contributed by atoms with Gasteiger partial charge in [0.25, 0.3) is 0 Å². The first-order valence-electron chi connectivity index (χ1n) is 5.92. The van der Waals surface area contributed by atoms with Gasteiger partial charge in [0.15, 0.2) is 6.29 Å². The Labute approximate surface area is 95.7 Å². The lowest BCUT2D eigenvalue weighted by Gasteiger charge is -2.40. The second-order valence-corrected chi connectivity index (χ2v) is 4.39. The van der Waals surface area contributed by atoms with Crippen molar-refractivity contribution in [3.8, 4) is 0 Å². The Kier molecular flexibility index (Phi) is 5.64. The third kappa shape index (κ3) is 3.15. The lowest BCUT2D eigenvalue weighted by atomic mass is 9.87. The molecule has 5 atom stereocenters. The molecule has 1 saturated heterocycles. The van der Waals surface area contributed by atoms with E-state index in [-0.39, 0.29) is 0 Å². The minimum absolute atomic E-state index is 0.406. The average Bonchev–Trinajstić information content (AvgIpc) is 2.28. The molecule has 0 saturated carbocycles. The summed E-state index contributed by atoms with van der Waals surface area (Å²) in [4.78, 5) is 0. The van der Waals surface area contributed by atoms with Crippen molar-refractivity contribution in [2.24, 2.45) is 5.92 Å². The maximum atomic E-state index is 9.81. The first-order valence-corrected chi connectivity index (χ1v) is 5.92. The zero-order valence-electron chi connectivity index (χ0n) is 9.62. The van der Waals surface area contributed by atoms with E-state index in [2.05, 4.69) is 6.92 Å². The second-order valence-electron chi connectivity index (χ2n) is 4.39. The molecule has 1 unspecified atom stereocenters. The van der Waals surface area contributed by atoms with Crippen LogP contribution in [0.2, 0.25) is 0 Å². The van der Waals surface area contributed by atoms with Crippen LogP contribution in [0.4, 0.5) is 0 Å². The van der Waals surface area contributed by atoms with Crippen LogP contribution in [-0.2, 0) is 4.74 Å². The van der Waals surface area contributed by atoms with Gasteiger partial charge in [-0.3, -0.25) is 0 Å².